The molecule has 21 heavy (non-hydrogen) atoms. The van der Waals surface area contributed by atoms with Crippen molar-refractivity contribution in [3.8, 4) is 5.69 Å². The van der Waals surface area contributed by atoms with Crippen molar-refractivity contribution in [2.24, 2.45) is 0 Å². The number of hydrogen-bond acceptors (Lipinski definition) is 1. The van der Waals surface area contributed by atoms with E-state index in [-0.39, 0.29) is 5.88 Å². The summed E-state index contributed by atoms with van der Waals surface area (Å²) in [6.45, 7) is 2.00. The van der Waals surface area contributed by atoms with Crippen molar-refractivity contribution in [2.75, 3.05) is 0 Å². The third-order valence-electron chi connectivity index (χ3n) is 3.23. The van der Waals surface area contributed by atoms with Gasteiger partial charge in [-0.2, -0.15) is 0 Å². The Balaban J connectivity index is 2.40. The largest absolute Gasteiger partial charge is 0.294 e. The van der Waals surface area contributed by atoms with Crippen LogP contribution in [0.15, 0.2) is 30.3 Å². The maximum atomic E-state index is 6.34. The van der Waals surface area contributed by atoms with Crippen molar-refractivity contribution in [1.82, 2.24) is 9.55 Å². The van der Waals surface area contributed by atoms with Crippen LogP contribution in [0.2, 0.25) is 15.1 Å². The Hall–Kier alpha value is -0.930. The third-order valence-corrected chi connectivity index (χ3v) is 4.51. The molecule has 3 rings (SSSR count). The molecule has 2 nitrogen and oxygen atoms in total. The van der Waals surface area contributed by atoms with Crippen LogP contribution in [0.4, 0.5) is 0 Å². The first kappa shape index (κ1) is 15.0. The molecule has 0 amide bonds. The SMILES string of the molecule is Cc1ccc(Cl)c(-n2c(CCl)nc3cc(Cl)c(Cl)cc32)c1. The predicted octanol–water partition coefficient (Wildman–Crippen LogP) is 6.03. The van der Waals surface area contributed by atoms with Gasteiger partial charge in [0.2, 0.25) is 0 Å². The Morgan fingerprint density at radius 1 is 1.00 bits per heavy atom. The van der Waals surface area contributed by atoms with Crippen molar-refractivity contribution in [3.05, 3.63) is 56.8 Å². The van der Waals surface area contributed by atoms with Crippen LogP contribution < -0.4 is 0 Å². The monoisotopic (exact) mass is 358 g/mol. The highest BCUT2D eigenvalue weighted by atomic mass is 35.5. The summed E-state index contributed by atoms with van der Waals surface area (Å²) in [5.74, 6) is 0.950. The van der Waals surface area contributed by atoms with Gasteiger partial charge < -0.3 is 0 Å². The molecule has 0 aliphatic carbocycles. The molecule has 1 heterocycles. The van der Waals surface area contributed by atoms with Crippen LogP contribution in [0.25, 0.3) is 16.7 Å². The number of rotatable bonds is 2. The van der Waals surface area contributed by atoms with Crippen molar-refractivity contribution in [3.63, 3.8) is 0 Å². The van der Waals surface area contributed by atoms with Crippen LogP contribution >= 0.6 is 46.4 Å². The Kier molecular flexibility index (Phi) is 4.06. The fraction of sp³-hybridized carbons (Fsp3) is 0.133. The van der Waals surface area contributed by atoms with Gasteiger partial charge in [0, 0.05) is 0 Å². The van der Waals surface area contributed by atoms with Crippen LogP contribution in [0.1, 0.15) is 11.4 Å². The Morgan fingerprint density at radius 3 is 2.43 bits per heavy atom. The minimum absolute atomic E-state index is 0.258. The molecule has 0 unspecified atom stereocenters. The van der Waals surface area contributed by atoms with Crippen LogP contribution in [0.3, 0.4) is 0 Å². The number of imidazole rings is 1. The first-order valence-corrected chi connectivity index (χ1v) is 7.87. The molecule has 108 valence electrons. The Bertz CT molecular complexity index is 839. The number of halogens is 4. The molecule has 0 atom stereocenters. The van der Waals surface area contributed by atoms with Crippen LogP contribution in [-0.4, -0.2) is 9.55 Å². The lowest BCUT2D eigenvalue weighted by Gasteiger charge is -2.11. The zero-order chi connectivity index (χ0) is 15.1. The summed E-state index contributed by atoms with van der Waals surface area (Å²) in [5.41, 5.74) is 3.48. The fourth-order valence-electron chi connectivity index (χ4n) is 2.28. The van der Waals surface area contributed by atoms with E-state index in [0.29, 0.717) is 20.9 Å². The molecule has 0 N–H and O–H groups in total. The first-order valence-electron chi connectivity index (χ1n) is 6.20. The lowest BCUT2D eigenvalue weighted by Crippen LogP contribution is -2.00. The number of nitrogens with zero attached hydrogens (tertiary/aromatic N) is 2. The maximum Gasteiger partial charge on any atom is 0.129 e. The van der Waals surface area contributed by atoms with Crippen LogP contribution in [0, 0.1) is 6.92 Å². The van der Waals surface area contributed by atoms with Crippen molar-refractivity contribution >= 4 is 57.4 Å². The smallest absolute Gasteiger partial charge is 0.129 e. The minimum Gasteiger partial charge on any atom is -0.294 e. The first-order chi connectivity index (χ1) is 10.0. The van der Waals surface area contributed by atoms with Crippen LogP contribution in [-0.2, 0) is 5.88 Å². The van der Waals surface area contributed by atoms with Crippen molar-refractivity contribution in [2.45, 2.75) is 12.8 Å². The highest BCUT2D eigenvalue weighted by molar-refractivity contribution is 6.42. The molecule has 2 aromatic carbocycles. The summed E-state index contributed by atoms with van der Waals surface area (Å²) in [6, 6.07) is 9.31. The van der Waals surface area contributed by atoms with E-state index in [4.69, 9.17) is 46.4 Å². The summed E-state index contributed by atoms with van der Waals surface area (Å²) < 4.78 is 1.92. The molecule has 6 heteroatoms. The molecule has 0 fully saturated rings. The Morgan fingerprint density at radius 2 is 1.71 bits per heavy atom. The van der Waals surface area contributed by atoms with Gasteiger partial charge in [0.15, 0.2) is 0 Å². The molecule has 0 aliphatic rings. The van der Waals surface area contributed by atoms with Gasteiger partial charge in [0.25, 0.3) is 0 Å². The van der Waals surface area contributed by atoms with E-state index in [0.717, 1.165) is 22.3 Å². The number of aryl methyl sites for hydroxylation is 1. The topological polar surface area (TPSA) is 17.8 Å². The molecule has 0 aliphatic heterocycles. The van der Waals surface area contributed by atoms with Gasteiger partial charge in [-0.1, -0.05) is 40.9 Å². The molecule has 0 saturated heterocycles. The summed E-state index contributed by atoms with van der Waals surface area (Å²) in [6.07, 6.45) is 0. The summed E-state index contributed by atoms with van der Waals surface area (Å²) >= 11 is 24.6. The van der Waals surface area contributed by atoms with Gasteiger partial charge in [-0.25, -0.2) is 4.98 Å². The molecule has 0 saturated carbocycles. The Labute approximate surface area is 142 Å². The quantitative estimate of drug-likeness (QED) is 0.510. The van der Waals surface area contributed by atoms with E-state index < -0.39 is 0 Å². The lowest BCUT2D eigenvalue weighted by atomic mass is 10.2. The summed E-state index contributed by atoms with van der Waals surface area (Å²) in [7, 11) is 0. The van der Waals surface area contributed by atoms with Crippen molar-refractivity contribution < 1.29 is 0 Å². The van der Waals surface area contributed by atoms with Gasteiger partial charge in [-0.3, -0.25) is 4.57 Å². The maximum absolute atomic E-state index is 6.34. The molecule has 3 aromatic rings. The van der Waals surface area contributed by atoms with E-state index in [1.807, 2.05) is 29.7 Å². The van der Waals surface area contributed by atoms with Gasteiger partial charge in [0.05, 0.1) is 37.7 Å². The summed E-state index contributed by atoms with van der Waals surface area (Å²) in [5, 5.41) is 1.55. The normalized spacial score (nSPS) is 11.3. The standard InChI is InChI=1S/C15H10Cl4N2/c1-8-2-3-9(17)13(4-8)21-14-6-11(19)10(18)5-12(14)20-15(21)7-16/h2-6H,7H2,1H3. The summed E-state index contributed by atoms with van der Waals surface area (Å²) in [4.78, 5) is 4.51. The number of hydrogen-bond donors (Lipinski definition) is 0. The zero-order valence-corrected chi connectivity index (χ0v) is 14.0. The average molecular weight is 360 g/mol. The lowest BCUT2D eigenvalue weighted by molar-refractivity contribution is 0.980. The number of aromatic nitrogens is 2. The second-order valence-electron chi connectivity index (χ2n) is 4.71. The average Bonchev–Trinajstić information content (AvgIpc) is 2.79. The van der Waals surface area contributed by atoms with Gasteiger partial charge in [-0.15, -0.1) is 11.6 Å². The van der Waals surface area contributed by atoms with Gasteiger partial charge in [0.1, 0.15) is 5.82 Å². The molecule has 0 radical (unpaired) electrons. The minimum atomic E-state index is 0.258. The molecular formula is C15H10Cl4N2. The number of alkyl halides is 1. The van der Waals surface area contributed by atoms with E-state index in [2.05, 4.69) is 4.98 Å². The molecule has 0 bridgehead atoms. The van der Waals surface area contributed by atoms with E-state index in [1.54, 1.807) is 12.1 Å². The third kappa shape index (κ3) is 2.62. The van der Waals surface area contributed by atoms with Crippen LogP contribution in [0.5, 0.6) is 0 Å². The second-order valence-corrected chi connectivity index (χ2v) is 6.20. The van der Waals surface area contributed by atoms with Crippen molar-refractivity contribution in [1.29, 1.82) is 0 Å². The zero-order valence-electron chi connectivity index (χ0n) is 11.0. The van der Waals surface area contributed by atoms with E-state index >= 15 is 0 Å². The predicted molar refractivity (Wildman–Crippen MR) is 90.4 cm³/mol. The fourth-order valence-corrected chi connectivity index (χ4v) is 2.97. The van der Waals surface area contributed by atoms with Gasteiger partial charge in [-0.05, 0) is 36.8 Å². The molecule has 0 spiro atoms. The van der Waals surface area contributed by atoms with Gasteiger partial charge >= 0.3 is 0 Å². The molecule has 1 aromatic heterocycles. The van der Waals surface area contributed by atoms with E-state index in [9.17, 15) is 0 Å². The highest BCUT2D eigenvalue weighted by Crippen LogP contribution is 2.33. The number of fused-ring (bicyclic) bond motifs is 1. The van der Waals surface area contributed by atoms with E-state index in [1.165, 1.54) is 0 Å². The second kappa shape index (κ2) is 5.69. The number of benzene rings is 2. The highest BCUT2D eigenvalue weighted by Gasteiger charge is 2.16. The molecular weight excluding hydrogens is 350 g/mol.